The molecule has 1 amide bonds. The van der Waals surface area contributed by atoms with Gasteiger partial charge in [0.2, 0.25) is 11.8 Å². The van der Waals surface area contributed by atoms with E-state index in [0.717, 1.165) is 12.8 Å². The van der Waals surface area contributed by atoms with Gasteiger partial charge >= 0.3 is 6.01 Å². The van der Waals surface area contributed by atoms with E-state index in [9.17, 15) is 4.79 Å². The maximum absolute atomic E-state index is 11.8. The van der Waals surface area contributed by atoms with E-state index in [0.29, 0.717) is 11.8 Å². The van der Waals surface area contributed by atoms with E-state index in [1.807, 2.05) is 20.8 Å². The van der Waals surface area contributed by atoms with Crippen LogP contribution >= 0.6 is 0 Å². The molecule has 1 aromatic heterocycles. The summed E-state index contributed by atoms with van der Waals surface area (Å²) < 4.78 is 5.33. The second kappa shape index (κ2) is 4.10. The summed E-state index contributed by atoms with van der Waals surface area (Å²) in [5, 5.41) is 10.2. The van der Waals surface area contributed by atoms with E-state index in [1.54, 1.807) is 0 Å². The van der Waals surface area contributed by atoms with E-state index in [1.165, 1.54) is 0 Å². The Labute approximate surface area is 100.0 Å². The molecule has 1 saturated carbocycles. The number of aromatic nitrogens is 2. The molecule has 0 bridgehead atoms. The molecular weight excluding hydrogens is 220 g/mol. The van der Waals surface area contributed by atoms with Gasteiger partial charge in [-0.05, 0) is 18.3 Å². The number of nitrogens with one attached hydrogen (secondary N) is 1. The van der Waals surface area contributed by atoms with Crippen LogP contribution in [0.25, 0.3) is 0 Å². The summed E-state index contributed by atoms with van der Waals surface area (Å²) >= 11 is 0. The Kier molecular flexibility index (Phi) is 2.91. The normalized spacial score (nSPS) is 17.9. The van der Waals surface area contributed by atoms with Crippen molar-refractivity contribution in [1.82, 2.24) is 10.2 Å². The largest absolute Gasteiger partial charge is 0.408 e. The molecule has 1 aromatic rings. The molecule has 0 aromatic carbocycles. The van der Waals surface area contributed by atoms with Gasteiger partial charge < -0.3 is 10.2 Å². The van der Waals surface area contributed by atoms with E-state index >= 15 is 0 Å². The monoisotopic (exact) mass is 238 g/mol. The van der Waals surface area contributed by atoms with Gasteiger partial charge in [0.05, 0.1) is 6.04 Å². The number of hydrogen-bond donors (Lipinski definition) is 2. The molecule has 94 valence electrons. The number of hydrogen-bond acceptors (Lipinski definition) is 5. The minimum atomic E-state index is -0.612. The maximum Gasteiger partial charge on any atom is 0.322 e. The molecule has 1 atom stereocenters. The summed E-state index contributed by atoms with van der Waals surface area (Å²) in [5.41, 5.74) is 5.52. The molecule has 6 heteroatoms. The maximum atomic E-state index is 11.8. The van der Waals surface area contributed by atoms with Crippen molar-refractivity contribution in [2.24, 2.45) is 11.1 Å². The minimum Gasteiger partial charge on any atom is -0.408 e. The third-order valence-corrected chi connectivity index (χ3v) is 2.81. The number of nitrogens with zero attached hydrogens (tertiary/aromatic N) is 2. The predicted octanol–water partition coefficient (Wildman–Crippen LogP) is 1.26. The third kappa shape index (κ3) is 2.82. The van der Waals surface area contributed by atoms with Gasteiger partial charge in [0.15, 0.2) is 0 Å². The number of nitrogens with two attached hydrogens (primary N) is 1. The molecule has 1 aliphatic carbocycles. The van der Waals surface area contributed by atoms with Crippen molar-refractivity contribution in [1.29, 1.82) is 0 Å². The SMILES string of the molecule is CC(C)(C)[C@H](N)C(=O)Nc1nnc(C2CC2)o1. The van der Waals surface area contributed by atoms with Gasteiger partial charge in [-0.3, -0.25) is 10.1 Å². The number of rotatable bonds is 3. The molecule has 0 radical (unpaired) electrons. The van der Waals surface area contributed by atoms with Crippen molar-refractivity contribution in [2.45, 2.75) is 45.6 Å². The van der Waals surface area contributed by atoms with Gasteiger partial charge in [0, 0.05) is 5.92 Å². The molecule has 1 heterocycles. The summed E-state index contributed by atoms with van der Waals surface area (Å²) in [6.07, 6.45) is 2.16. The van der Waals surface area contributed by atoms with Gasteiger partial charge in [-0.2, -0.15) is 0 Å². The lowest BCUT2D eigenvalue weighted by atomic mass is 9.87. The van der Waals surface area contributed by atoms with Crippen molar-refractivity contribution in [3.63, 3.8) is 0 Å². The molecule has 2 rings (SSSR count). The Morgan fingerprint density at radius 1 is 1.47 bits per heavy atom. The Bertz CT molecular complexity index is 417. The summed E-state index contributed by atoms with van der Waals surface area (Å²) in [5.74, 6) is 0.678. The highest BCUT2D eigenvalue weighted by Gasteiger charge is 2.31. The predicted molar refractivity (Wildman–Crippen MR) is 62.3 cm³/mol. The smallest absolute Gasteiger partial charge is 0.322 e. The van der Waals surface area contributed by atoms with Crippen LogP contribution in [0.2, 0.25) is 0 Å². The lowest BCUT2D eigenvalue weighted by Gasteiger charge is -2.24. The first kappa shape index (κ1) is 12.0. The zero-order valence-electron chi connectivity index (χ0n) is 10.4. The highest BCUT2D eigenvalue weighted by atomic mass is 16.4. The molecule has 1 fully saturated rings. The Morgan fingerprint density at radius 3 is 2.65 bits per heavy atom. The van der Waals surface area contributed by atoms with Crippen molar-refractivity contribution in [2.75, 3.05) is 5.32 Å². The quantitative estimate of drug-likeness (QED) is 0.826. The second-order valence-electron chi connectivity index (χ2n) is 5.55. The molecule has 17 heavy (non-hydrogen) atoms. The second-order valence-corrected chi connectivity index (χ2v) is 5.55. The first-order valence-electron chi connectivity index (χ1n) is 5.78. The van der Waals surface area contributed by atoms with Crippen molar-refractivity contribution in [3.05, 3.63) is 5.89 Å². The van der Waals surface area contributed by atoms with Crippen molar-refractivity contribution >= 4 is 11.9 Å². The lowest BCUT2D eigenvalue weighted by molar-refractivity contribution is -0.119. The standard InChI is InChI=1S/C11H18N4O2/c1-11(2,3)7(12)8(16)13-10-15-14-9(17-10)6-4-5-6/h6-7H,4-5,12H2,1-3H3,(H,13,15,16)/t7-/m1/s1. The van der Waals surface area contributed by atoms with Crippen LogP contribution in [0, 0.1) is 5.41 Å². The topological polar surface area (TPSA) is 94.0 Å². The van der Waals surface area contributed by atoms with E-state index in [2.05, 4.69) is 15.5 Å². The number of carbonyl (C=O) groups excluding carboxylic acids is 1. The summed E-state index contributed by atoms with van der Waals surface area (Å²) in [6, 6.07) is -0.477. The van der Waals surface area contributed by atoms with Crippen molar-refractivity contribution < 1.29 is 9.21 Å². The van der Waals surface area contributed by atoms with Crippen LogP contribution < -0.4 is 11.1 Å². The fourth-order valence-electron chi connectivity index (χ4n) is 1.36. The fraction of sp³-hybridized carbons (Fsp3) is 0.727. The van der Waals surface area contributed by atoms with Crippen molar-refractivity contribution in [3.8, 4) is 0 Å². The molecule has 0 saturated heterocycles. The fourth-order valence-corrected chi connectivity index (χ4v) is 1.36. The van der Waals surface area contributed by atoms with Gasteiger partial charge in [-0.1, -0.05) is 25.9 Å². The molecular formula is C11H18N4O2. The van der Waals surface area contributed by atoms with Gasteiger partial charge in [0.1, 0.15) is 0 Å². The molecule has 3 N–H and O–H groups in total. The van der Waals surface area contributed by atoms with Gasteiger partial charge in [0.25, 0.3) is 0 Å². The molecule has 0 spiro atoms. The highest BCUT2D eigenvalue weighted by molar-refractivity contribution is 5.93. The van der Waals surface area contributed by atoms with Crippen LogP contribution in [0.4, 0.5) is 6.01 Å². The van der Waals surface area contributed by atoms with Crippen LogP contribution in [0.1, 0.15) is 45.4 Å². The lowest BCUT2D eigenvalue weighted by Crippen LogP contribution is -2.45. The summed E-state index contributed by atoms with van der Waals surface area (Å²) in [4.78, 5) is 11.8. The number of amides is 1. The van der Waals surface area contributed by atoms with Crippen LogP contribution in [-0.4, -0.2) is 22.1 Å². The zero-order valence-corrected chi connectivity index (χ0v) is 10.4. The van der Waals surface area contributed by atoms with E-state index in [4.69, 9.17) is 10.2 Å². The summed E-state index contributed by atoms with van der Waals surface area (Å²) in [7, 11) is 0. The van der Waals surface area contributed by atoms with Gasteiger partial charge in [-0.25, -0.2) is 0 Å². The number of anilines is 1. The van der Waals surface area contributed by atoms with Crippen LogP contribution in [0.5, 0.6) is 0 Å². The average molecular weight is 238 g/mol. The third-order valence-electron chi connectivity index (χ3n) is 2.81. The first-order valence-corrected chi connectivity index (χ1v) is 5.78. The van der Waals surface area contributed by atoms with Crippen LogP contribution in [0.15, 0.2) is 4.42 Å². The Hall–Kier alpha value is -1.43. The summed E-state index contributed by atoms with van der Waals surface area (Å²) in [6.45, 7) is 5.71. The molecule has 6 nitrogen and oxygen atoms in total. The van der Waals surface area contributed by atoms with Crippen LogP contribution in [0.3, 0.4) is 0 Å². The minimum absolute atomic E-state index is 0.136. The van der Waals surface area contributed by atoms with E-state index < -0.39 is 6.04 Å². The average Bonchev–Trinajstić information content (AvgIpc) is 2.98. The highest BCUT2D eigenvalue weighted by Crippen LogP contribution is 2.39. The molecule has 1 aliphatic rings. The van der Waals surface area contributed by atoms with Crippen LogP contribution in [-0.2, 0) is 4.79 Å². The van der Waals surface area contributed by atoms with E-state index in [-0.39, 0.29) is 17.3 Å². The Morgan fingerprint density at radius 2 is 2.12 bits per heavy atom. The van der Waals surface area contributed by atoms with Gasteiger partial charge in [-0.15, -0.1) is 5.10 Å². The molecule has 0 unspecified atom stereocenters. The molecule has 0 aliphatic heterocycles. The Balaban J connectivity index is 1.97. The number of carbonyl (C=O) groups is 1. The first-order chi connectivity index (χ1) is 7.88. The zero-order chi connectivity index (χ0) is 12.6.